The van der Waals surface area contributed by atoms with Crippen molar-refractivity contribution in [1.29, 1.82) is 0 Å². The van der Waals surface area contributed by atoms with Crippen LogP contribution >= 0.6 is 22.9 Å². The number of rotatable bonds is 7. The molecular formula is C35H27ClN2O6S. The highest BCUT2D eigenvalue weighted by molar-refractivity contribution is 7.22. The van der Waals surface area contributed by atoms with Crippen molar-refractivity contribution in [2.45, 2.75) is 32.1 Å². The molecule has 0 bridgehead atoms. The van der Waals surface area contributed by atoms with Gasteiger partial charge in [0.05, 0.1) is 28.9 Å². The van der Waals surface area contributed by atoms with Gasteiger partial charge < -0.3 is 19.3 Å². The van der Waals surface area contributed by atoms with E-state index in [0.29, 0.717) is 51.3 Å². The SMILES string of the molecule is COc1cc([C@@H]2C(=C(O)c3ccc4c(c3)C[C@H](C)O4)C(=O)C(=O)N2c2nc3ccc(Cl)cc3s2)ccc1OCc1ccccc1. The zero-order valence-electron chi connectivity index (χ0n) is 24.3. The number of halogens is 1. The van der Waals surface area contributed by atoms with Gasteiger partial charge in [-0.3, -0.25) is 14.5 Å². The maximum atomic E-state index is 13.8. The Bertz CT molecular complexity index is 2010. The minimum absolute atomic E-state index is 0.00519. The van der Waals surface area contributed by atoms with Crippen molar-refractivity contribution < 1.29 is 28.9 Å². The van der Waals surface area contributed by atoms with E-state index in [2.05, 4.69) is 4.98 Å². The first kappa shape index (κ1) is 28.9. The summed E-state index contributed by atoms with van der Waals surface area (Å²) in [7, 11) is 1.52. The summed E-state index contributed by atoms with van der Waals surface area (Å²) in [5, 5.41) is 12.6. The van der Waals surface area contributed by atoms with Crippen LogP contribution in [0, 0.1) is 0 Å². The van der Waals surface area contributed by atoms with Crippen molar-refractivity contribution in [2.24, 2.45) is 0 Å². The van der Waals surface area contributed by atoms with Gasteiger partial charge in [0.25, 0.3) is 5.78 Å². The third-order valence-electron chi connectivity index (χ3n) is 7.90. The number of carbonyl (C=O) groups is 2. The fourth-order valence-electron chi connectivity index (χ4n) is 5.77. The lowest BCUT2D eigenvalue weighted by Crippen LogP contribution is -2.29. The van der Waals surface area contributed by atoms with Crippen molar-refractivity contribution >= 4 is 55.7 Å². The van der Waals surface area contributed by atoms with Gasteiger partial charge in [-0.1, -0.05) is 59.3 Å². The van der Waals surface area contributed by atoms with Gasteiger partial charge in [0.15, 0.2) is 16.6 Å². The van der Waals surface area contributed by atoms with Crippen molar-refractivity contribution in [3.8, 4) is 17.2 Å². The van der Waals surface area contributed by atoms with E-state index in [1.165, 1.54) is 23.3 Å². The lowest BCUT2D eigenvalue weighted by molar-refractivity contribution is -0.132. The highest BCUT2D eigenvalue weighted by Crippen LogP contribution is 2.46. The Morgan fingerprint density at radius 2 is 1.87 bits per heavy atom. The lowest BCUT2D eigenvalue weighted by atomic mass is 9.94. The molecule has 8 nitrogen and oxygen atoms in total. The topological polar surface area (TPSA) is 98.2 Å². The number of hydrogen-bond donors (Lipinski definition) is 1. The maximum absolute atomic E-state index is 13.8. The summed E-state index contributed by atoms with van der Waals surface area (Å²) in [5.74, 6) is -0.259. The maximum Gasteiger partial charge on any atom is 0.301 e. The highest BCUT2D eigenvalue weighted by atomic mass is 35.5. The number of carbonyl (C=O) groups excluding carboxylic acids is 2. The fourth-order valence-corrected chi connectivity index (χ4v) is 7.04. The minimum Gasteiger partial charge on any atom is -0.507 e. The van der Waals surface area contributed by atoms with Crippen molar-refractivity contribution in [3.63, 3.8) is 0 Å². The first-order chi connectivity index (χ1) is 21.8. The van der Waals surface area contributed by atoms with Crippen LogP contribution < -0.4 is 19.1 Å². The van der Waals surface area contributed by atoms with Crippen LogP contribution in [0.3, 0.4) is 0 Å². The monoisotopic (exact) mass is 638 g/mol. The standard InChI is InChI=1S/C35H27ClN2O6S/c1-19-14-23-15-22(9-12-26(23)44-19)32(39)30-31(21-8-13-27(28(16-21)42-2)43-18-20-6-4-3-5-7-20)38(34(41)33(30)40)35-37-25-11-10-24(36)17-29(25)45-35/h3-13,15-17,19,31,39H,14,18H2,1-2H3/t19-,31+/m0/s1. The van der Waals surface area contributed by atoms with E-state index in [1.807, 2.05) is 37.3 Å². The summed E-state index contributed by atoms with van der Waals surface area (Å²) in [6, 6.07) is 24.5. The predicted molar refractivity (Wildman–Crippen MR) is 173 cm³/mol. The molecule has 1 aromatic heterocycles. The summed E-state index contributed by atoms with van der Waals surface area (Å²) < 4.78 is 18.3. The van der Waals surface area contributed by atoms with Gasteiger partial charge in [0.2, 0.25) is 0 Å². The van der Waals surface area contributed by atoms with E-state index in [-0.39, 0.29) is 17.4 Å². The Labute approximate surface area is 268 Å². The van der Waals surface area contributed by atoms with Gasteiger partial charge in [0.1, 0.15) is 24.2 Å². The molecule has 1 N–H and O–H groups in total. The molecule has 226 valence electrons. The lowest BCUT2D eigenvalue weighted by Gasteiger charge is -2.24. The zero-order chi connectivity index (χ0) is 31.2. The molecule has 1 amide bonds. The molecule has 2 atom stereocenters. The second-order valence-electron chi connectivity index (χ2n) is 10.9. The van der Waals surface area contributed by atoms with Gasteiger partial charge in [-0.25, -0.2) is 4.98 Å². The van der Waals surface area contributed by atoms with Crippen LogP contribution in [0.2, 0.25) is 5.02 Å². The normalized spacial score (nSPS) is 18.7. The minimum atomic E-state index is -0.999. The fraction of sp³-hybridized carbons (Fsp3) is 0.171. The first-order valence-electron chi connectivity index (χ1n) is 14.3. The van der Waals surface area contributed by atoms with Crippen LogP contribution in [-0.4, -0.2) is 35.0 Å². The van der Waals surface area contributed by atoms with Gasteiger partial charge in [0, 0.05) is 17.0 Å². The molecule has 0 unspecified atom stereocenters. The smallest absolute Gasteiger partial charge is 0.301 e. The molecule has 1 saturated heterocycles. The van der Waals surface area contributed by atoms with Crippen molar-refractivity contribution in [3.05, 3.63) is 118 Å². The Hall–Kier alpha value is -4.86. The third-order valence-corrected chi connectivity index (χ3v) is 9.15. The van der Waals surface area contributed by atoms with Crippen LogP contribution in [0.4, 0.5) is 5.13 Å². The molecule has 4 aromatic carbocycles. The molecule has 0 aliphatic carbocycles. The van der Waals surface area contributed by atoms with Crippen LogP contribution in [0.5, 0.6) is 17.2 Å². The summed E-state index contributed by atoms with van der Waals surface area (Å²) >= 11 is 7.47. The number of aliphatic hydroxyl groups is 1. The predicted octanol–water partition coefficient (Wildman–Crippen LogP) is 7.49. The van der Waals surface area contributed by atoms with Gasteiger partial charge in [-0.05, 0) is 72.1 Å². The number of Topliss-reactive ketones (excluding diaryl/α,β-unsaturated/α-hetero) is 1. The summed E-state index contributed by atoms with van der Waals surface area (Å²) in [6.45, 7) is 2.29. The van der Waals surface area contributed by atoms with Gasteiger partial charge in [-0.2, -0.15) is 0 Å². The average Bonchev–Trinajstić information content (AvgIpc) is 3.71. The molecule has 0 spiro atoms. The van der Waals surface area contributed by atoms with Crippen LogP contribution in [0.15, 0.2) is 90.5 Å². The van der Waals surface area contributed by atoms with Crippen molar-refractivity contribution in [1.82, 2.24) is 4.98 Å². The molecule has 2 aliphatic heterocycles. The number of thiazole rings is 1. The van der Waals surface area contributed by atoms with Crippen molar-refractivity contribution in [2.75, 3.05) is 12.0 Å². The molecule has 3 heterocycles. The largest absolute Gasteiger partial charge is 0.507 e. The molecular weight excluding hydrogens is 612 g/mol. The van der Waals surface area contributed by atoms with E-state index in [9.17, 15) is 14.7 Å². The first-order valence-corrected chi connectivity index (χ1v) is 15.5. The number of hydrogen-bond acceptors (Lipinski definition) is 8. The number of aliphatic hydroxyl groups excluding tert-OH is 1. The zero-order valence-corrected chi connectivity index (χ0v) is 25.9. The Morgan fingerprint density at radius 1 is 1.04 bits per heavy atom. The van der Waals surface area contributed by atoms with Gasteiger partial charge in [-0.15, -0.1) is 0 Å². The second kappa shape index (κ2) is 11.6. The van der Waals surface area contributed by atoms with E-state index < -0.39 is 17.7 Å². The number of fused-ring (bicyclic) bond motifs is 2. The summed E-state index contributed by atoms with van der Waals surface area (Å²) in [4.78, 5) is 33.6. The van der Waals surface area contributed by atoms with Crippen LogP contribution in [-0.2, 0) is 22.6 Å². The molecule has 7 rings (SSSR count). The number of ketones is 1. The van der Waals surface area contributed by atoms with E-state index >= 15 is 0 Å². The Kier molecular flexibility index (Phi) is 7.43. The van der Waals surface area contributed by atoms with Gasteiger partial charge >= 0.3 is 5.91 Å². The quantitative estimate of drug-likeness (QED) is 0.112. The number of benzene rings is 4. The number of anilines is 1. The molecule has 10 heteroatoms. The van der Waals surface area contributed by atoms with E-state index in [1.54, 1.807) is 54.6 Å². The number of aromatic nitrogens is 1. The second-order valence-corrected chi connectivity index (χ2v) is 12.4. The molecule has 5 aromatic rings. The Morgan fingerprint density at radius 3 is 2.67 bits per heavy atom. The highest BCUT2D eigenvalue weighted by Gasteiger charge is 2.48. The van der Waals surface area contributed by atoms with Crippen LogP contribution in [0.25, 0.3) is 16.0 Å². The number of nitrogens with zero attached hydrogens (tertiary/aromatic N) is 2. The molecule has 0 radical (unpaired) electrons. The molecule has 0 saturated carbocycles. The summed E-state index contributed by atoms with van der Waals surface area (Å²) in [6.07, 6.45) is 0.676. The van der Waals surface area contributed by atoms with E-state index in [0.717, 1.165) is 21.6 Å². The third kappa shape index (κ3) is 5.28. The molecule has 2 aliphatic rings. The Balaban J connectivity index is 1.35. The van der Waals surface area contributed by atoms with E-state index in [4.69, 9.17) is 25.8 Å². The van der Waals surface area contributed by atoms with Crippen LogP contribution in [0.1, 0.15) is 35.2 Å². The summed E-state index contributed by atoms with van der Waals surface area (Å²) in [5.41, 5.74) is 3.44. The average molecular weight is 639 g/mol. The molecule has 1 fully saturated rings. The number of ether oxygens (including phenoxy) is 3. The molecule has 45 heavy (non-hydrogen) atoms. The number of methoxy groups -OCH3 is 1. The number of amides is 1.